The average Bonchev–Trinajstić information content (AvgIpc) is 2.77. The van der Waals surface area contributed by atoms with E-state index in [1.807, 2.05) is 32.0 Å². The van der Waals surface area contributed by atoms with Gasteiger partial charge in [0.1, 0.15) is 5.75 Å². The summed E-state index contributed by atoms with van der Waals surface area (Å²) in [7, 11) is -2.17. The minimum absolute atomic E-state index is 0.116. The smallest absolute Gasteiger partial charge is 0.261 e. The molecular weight excluding hydrogens is 458 g/mol. The van der Waals surface area contributed by atoms with Crippen LogP contribution in [0.3, 0.4) is 0 Å². The van der Waals surface area contributed by atoms with Crippen LogP contribution in [-0.2, 0) is 21.2 Å². The van der Waals surface area contributed by atoms with Gasteiger partial charge >= 0.3 is 0 Å². The van der Waals surface area contributed by atoms with Crippen LogP contribution in [0.5, 0.6) is 5.75 Å². The van der Waals surface area contributed by atoms with Crippen LogP contribution < -0.4 is 20.1 Å². The standard InChI is InChI=1S/C24H25N3O4S2/c1-16-5-4-6-17(2)23(16)27-33(29,30)21-13-9-19(10-14-21)25-24(32)26-22(28)15-18-7-11-20(31-3)12-8-18/h4-14,27H,15H2,1-3H3,(H2,25,26,28,32). The van der Waals surface area contributed by atoms with E-state index < -0.39 is 10.0 Å². The Bertz CT molecular complexity index is 1240. The van der Waals surface area contributed by atoms with Gasteiger partial charge < -0.3 is 15.4 Å². The Morgan fingerprint density at radius 1 is 0.939 bits per heavy atom. The Morgan fingerprint density at radius 3 is 2.12 bits per heavy atom. The molecule has 3 N–H and O–H groups in total. The van der Waals surface area contributed by atoms with Gasteiger partial charge in [0.2, 0.25) is 5.91 Å². The third-order valence-electron chi connectivity index (χ3n) is 4.92. The maximum atomic E-state index is 12.8. The maximum Gasteiger partial charge on any atom is 0.261 e. The number of carbonyl (C=O) groups excluding carboxylic acids is 1. The Balaban J connectivity index is 1.59. The summed E-state index contributed by atoms with van der Waals surface area (Å²) in [5, 5.41) is 5.63. The van der Waals surface area contributed by atoms with Crippen molar-refractivity contribution in [1.29, 1.82) is 0 Å². The van der Waals surface area contributed by atoms with Crippen LogP contribution in [0, 0.1) is 13.8 Å². The molecule has 172 valence electrons. The van der Waals surface area contributed by atoms with Gasteiger partial charge in [-0.05, 0) is 79.2 Å². The van der Waals surface area contributed by atoms with Gasteiger partial charge in [-0.25, -0.2) is 8.42 Å². The molecular formula is C24H25N3O4S2. The predicted molar refractivity (Wildman–Crippen MR) is 134 cm³/mol. The fourth-order valence-electron chi connectivity index (χ4n) is 3.15. The molecule has 3 rings (SSSR count). The number of thiocarbonyl (C=S) groups is 1. The lowest BCUT2D eigenvalue weighted by Crippen LogP contribution is -2.35. The van der Waals surface area contributed by atoms with Crippen molar-refractivity contribution >= 4 is 44.6 Å². The Kier molecular flexibility index (Phi) is 7.67. The highest BCUT2D eigenvalue weighted by Gasteiger charge is 2.16. The van der Waals surface area contributed by atoms with Gasteiger partial charge in [-0.1, -0.05) is 30.3 Å². The van der Waals surface area contributed by atoms with E-state index in [0.29, 0.717) is 17.1 Å². The van der Waals surface area contributed by atoms with Crippen LogP contribution in [0.4, 0.5) is 11.4 Å². The molecule has 0 saturated heterocycles. The highest BCUT2D eigenvalue weighted by atomic mass is 32.2. The van der Waals surface area contributed by atoms with Crippen LogP contribution in [0.1, 0.15) is 16.7 Å². The molecule has 7 nitrogen and oxygen atoms in total. The van der Waals surface area contributed by atoms with E-state index in [-0.39, 0.29) is 22.3 Å². The van der Waals surface area contributed by atoms with Crippen molar-refractivity contribution in [3.63, 3.8) is 0 Å². The van der Waals surface area contributed by atoms with Crippen molar-refractivity contribution in [1.82, 2.24) is 5.32 Å². The lowest BCUT2D eigenvalue weighted by atomic mass is 10.1. The van der Waals surface area contributed by atoms with Gasteiger partial charge in [0.25, 0.3) is 10.0 Å². The van der Waals surface area contributed by atoms with E-state index in [4.69, 9.17) is 17.0 Å². The normalized spacial score (nSPS) is 10.9. The number of hydrogen-bond donors (Lipinski definition) is 3. The van der Waals surface area contributed by atoms with Gasteiger partial charge in [0.15, 0.2) is 5.11 Å². The number of carbonyl (C=O) groups is 1. The summed E-state index contributed by atoms with van der Waals surface area (Å²) >= 11 is 5.20. The number of aryl methyl sites for hydroxylation is 2. The maximum absolute atomic E-state index is 12.8. The molecule has 3 aromatic rings. The Hall–Kier alpha value is -3.43. The summed E-state index contributed by atoms with van der Waals surface area (Å²) in [5.74, 6) is 0.445. The largest absolute Gasteiger partial charge is 0.497 e. The molecule has 1 amide bonds. The van der Waals surface area contributed by atoms with E-state index in [1.165, 1.54) is 12.1 Å². The summed E-state index contributed by atoms with van der Waals surface area (Å²) < 4.78 is 33.3. The number of anilines is 2. The van der Waals surface area contributed by atoms with Crippen LogP contribution in [0.25, 0.3) is 0 Å². The molecule has 33 heavy (non-hydrogen) atoms. The first-order valence-corrected chi connectivity index (χ1v) is 12.0. The Labute approximate surface area is 199 Å². The monoisotopic (exact) mass is 483 g/mol. The number of methoxy groups -OCH3 is 1. The van der Waals surface area contributed by atoms with Crippen molar-refractivity contribution in [2.24, 2.45) is 0 Å². The van der Waals surface area contributed by atoms with Crippen LogP contribution in [-0.4, -0.2) is 26.5 Å². The average molecular weight is 484 g/mol. The molecule has 0 aliphatic heterocycles. The fourth-order valence-corrected chi connectivity index (χ4v) is 4.58. The van der Waals surface area contributed by atoms with Gasteiger partial charge in [0.05, 0.1) is 24.1 Å². The highest BCUT2D eigenvalue weighted by Crippen LogP contribution is 2.24. The van der Waals surface area contributed by atoms with E-state index in [0.717, 1.165) is 16.7 Å². The van der Waals surface area contributed by atoms with E-state index in [1.54, 1.807) is 43.5 Å². The quantitative estimate of drug-likeness (QED) is 0.437. The number of ether oxygens (including phenoxy) is 1. The van der Waals surface area contributed by atoms with Crippen molar-refractivity contribution in [3.05, 3.63) is 83.4 Å². The second-order valence-corrected chi connectivity index (χ2v) is 9.51. The molecule has 9 heteroatoms. The molecule has 0 aliphatic carbocycles. The number of rotatable bonds is 7. The van der Waals surface area contributed by atoms with Crippen LogP contribution in [0.15, 0.2) is 71.6 Å². The molecule has 0 fully saturated rings. The summed E-state index contributed by atoms with van der Waals surface area (Å²) in [6.07, 6.45) is 0.160. The first kappa shape index (κ1) is 24.2. The van der Waals surface area contributed by atoms with E-state index in [9.17, 15) is 13.2 Å². The molecule has 0 heterocycles. The number of nitrogens with one attached hydrogen (secondary N) is 3. The highest BCUT2D eigenvalue weighted by molar-refractivity contribution is 7.92. The molecule has 0 radical (unpaired) electrons. The number of hydrogen-bond acceptors (Lipinski definition) is 5. The third kappa shape index (κ3) is 6.53. The van der Waals surface area contributed by atoms with Crippen molar-refractivity contribution in [3.8, 4) is 5.75 Å². The molecule has 0 aliphatic rings. The lowest BCUT2D eigenvalue weighted by Gasteiger charge is -2.14. The van der Waals surface area contributed by atoms with Crippen molar-refractivity contribution < 1.29 is 17.9 Å². The van der Waals surface area contributed by atoms with Gasteiger partial charge in [0, 0.05) is 5.69 Å². The molecule has 0 bridgehead atoms. The number of para-hydroxylation sites is 1. The summed E-state index contributed by atoms with van der Waals surface area (Å²) in [5.41, 5.74) is 3.62. The second-order valence-electron chi connectivity index (χ2n) is 7.42. The third-order valence-corrected chi connectivity index (χ3v) is 6.49. The second kappa shape index (κ2) is 10.5. The van der Waals surface area contributed by atoms with Gasteiger partial charge in [-0.2, -0.15) is 0 Å². The zero-order valence-corrected chi connectivity index (χ0v) is 20.1. The van der Waals surface area contributed by atoms with Gasteiger partial charge in [-0.15, -0.1) is 0 Å². The van der Waals surface area contributed by atoms with Gasteiger partial charge in [-0.3, -0.25) is 9.52 Å². The topological polar surface area (TPSA) is 96.5 Å². The van der Waals surface area contributed by atoms with E-state index in [2.05, 4.69) is 15.4 Å². The summed E-state index contributed by atoms with van der Waals surface area (Å²) in [6, 6.07) is 18.9. The minimum atomic E-state index is -3.75. The van der Waals surface area contributed by atoms with Crippen LogP contribution in [0.2, 0.25) is 0 Å². The lowest BCUT2D eigenvalue weighted by molar-refractivity contribution is -0.119. The molecule has 0 unspecified atom stereocenters. The summed E-state index contributed by atoms with van der Waals surface area (Å²) in [4.78, 5) is 12.3. The first-order valence-electron chi connectivity index (χ1n) is 10.1. The SMILES string of the molecule is COc1ccc(CC(=O)NC(=S)Nc2ccc(S(=O)(=O)Nc3c(C)cccc3C)cc2)cc1. The molecule has 0 spiro atoms. The van der Waals surface area contributed by atoms with Crippen LogP contribution >= 0.6 is 12.2 Å². The molecule has 0 aromatic heterocycles. The molecule has 0 atom stereocenters. The van der Waals surface area contributed by atoms with Crippen molar-refractivity contribution in [2.45, 2.75) is 25.2 Å². The predicted octanol–water partition coefficient (Wildman–Crippen LogP) is 4.17. The minimum Gasteiger partial charge on any atom is -0.497 e. The number of amides is 1. The number of sulfonamides is 1. The fraction of sp³-hybridized carbons (Fsp3) is 0.167. The zero-order chi connectivity index (χ0) is 24.0. The Morgan fingerprint density at radius 2 is 1.55 bits per heavy atom. The number of benzene rings is 3. The van der Waals surface area contributed by atoms with Crippen molar-refractivity contribution in [2.75, 3.05) is 17.1 Å². The molecule has 0 saturated carbocycles. The first-order chi connectivity index (χ1) is 15.7. The molecule has 3 aromatic carbocycles. The summed E-state index contributed by atoms with van der Waals surface area (Å²) in [6.45, 7) is 3.70. The van der Waals surface area contributed by atoms with E-state index >= 15 is 0 Å². The zero-order valence-electron chi connectivity index (χ0n) is 18.5.